The van der Waals surface area contributed by atoms with Crippen LogP contribution in [0.5, 0.6) is 0 Å². The van der Waals surface area contributed by atoms with E-state index in [1.165, 1.54) is 6.42 Å². The number of furan rings is 1. The molecule has 0 N–H and O–H groups in total. The number of nitrogens with zero attached hydrogens (tertiary/aromatic N) is 3. The lowest BCUT2D eigenvalue weighted by atomic mass is 9.98. The molecular weight excluding hydrogens is 326 g/mol. The van der Waals surface area contributed by atoms with Crippen LogP contribution in [0.25, 0.3) is 11.0 Å². The van der Waals surface area contributed by atoms with Gasteiger partial charge in [-0.2, -0.15) is 0 Å². The SMILES string of the molecule is Cc1cc2cc(C(=O)N3CCCCC3CCn3ccnc3C)ccc2o1. The molecule has 0 radical (unpaired) electrons. The summed E-state index contributed by atoms with van der Waals surface area (Å²) in [6, 6.07) is 8.03. The predicted octanol–water partition coefficient (Wildman–Crippen LogP) is 4.33. The maximum Gasteiger partial charge on any atom is 0.254 e. The molecule has 26 heavy (non-hydrogen) atoms. The maximum absolute atomic E-state index is 13.2. The van der Waals surface area contributed by atoms with Crippen LogP contribution in [0.2, 0.25) is 0 Å². The van der Waals surface area contributed by atoms with E-state index in [0.29, 0.717) is 6.04 Å². The van der Waals surface area contributed by atoms with Crippen molar-refractivity contribution >= 4 is 16.9 Å². The van der Waals surface area contributed by atoms with Crippen LogP contribution in [0.1, 0.15) is 47.6 Å². The fraction of sp³-hybridized carbons (Fsp3) is 0.429. The summed E-state index contributed by atoms with van der Waals surface area (Å²) in [4.78, 5) is 19.5. The summed E-state index contributed by atoms with van der Waals surface area (Å²) in [5, 5.41) is 0.996. The zero-order valence-corrected chi connectivity index (χ0v) is 15.4. The molecule has 0 bridgehead atoms. The van der Waals surface area contributed by atoms with Crippen LogP contribution in [0.15, 0.2) is 41.1 Å². The number of piperidine rings is 1. The Kier molecular flexibility index (Phi) is 4.53. The van der Waals surface area contributed by atoms with Gasteiger partial charge in [-0.1, -0.05) is 0 Å². The standard InChI is InChI=1S/C21H25N3O2/c1-15-13-18-14-17(6-7-20(18)26-15)21(25)24-10-4-3-5-19(24)8-11-23-12-9-22-16(23)2/h6-7,9,12-14,19H,3-5,8,10-11H2,1-2H3. The Labute approximate surface area is 153 Å². The van der Waals surface area contributed by atoms with Crippen LogP contribution in [-0.2, 0) is 6.54 Å². The van der Waals surface area contributed by atoms with Crippen molar-refractivity contribution in [2.45, 2.75) is 52.1 Å². The van der Waals surface area contributed by atoms with Gasteiger partial charge in [-0.05, 0) is 63.8 Å². The lowest BCUT2D eigenvalue weighted by Crippen LogP contribution is -2.44. The second-order valence-electron chi connectivity index (χ2n) is 7.21. The minimum Gasteiger partial charge on any atom is -0.461 e. The van der Waals surface area contributed by atoms with E-state index in [1.807, 2.05) is 50.5 Å². The van der Waals surface area contributed by atoms with E-state index in [2.05, 4.69) is 14.5 Å². The Morgan fingerprint density at radius 1 is 1.27 bits per heavy atom. The topological polar surface area (TPSA) is 51.3 Å². The molecule has 4 rings (SSSR count). The largest absolute Gasteiger partial charge is 0.461 e. The maximum atomic E-state index is 13.2. The van der Waals surface area contributed by atoms with Crippen LogP contribution >= 0.6 is 0 Å². The first-order valence-corrected chi connectivity index (χ1v) is 9.41. The molecule has 0 saturated carbocycles. The number of hydrogen-bond acceptors (Lipinski definition) is 3. The van der Waals surface area contributed by atoms with Crippen molar-refractivity contribution in [2.24, 2.45) is 0 Å². The number of likely N-dealkylation sites (tertiary alicyclic amines) is 1. The first-order chi connectivity index (χ1) is 12.6. The lowest BCUT2D eigenvalue weighted by Gasteiger charge is -2.36. The van der Waals surface area contributed by atoms with Gasteiger partial charge in [0.15, 0.2) is 0 Å². The molecule has 0 spiro atoms. The molecule has 1 saturated heterocycles. The number of rotatable bonds is 4. The summed E-state index contributed by atoms with van der Waals surface area (Å²) in [6.07, 6.45) is 8.17. The molecule has 1 atom stereocenters. The van der Waals surface area contributed by atoms with Crippen molar-refractivity contribution in [3.63, 3.8) is 0 Å². The Balaban J connectivity index is 1.52. The average molecular weight is 351 g/mol. The lowest BCUT2D eigenvalue weighted by molar-refractivity contribution is 0.0595. The molecule has 136 valence electrons. The van der Waals surface area contributed by atoms with Gasteiger partial charge in [0.25, 0.3) is 5.91 Å². The summed E-state index contributed by atoms with van der Waals surface area (Å²) in [6.45, 7) is 5.70. The first-order valence-electron chi connectivity index (χ1n) is 9.41. The van der Waals surface area contributed by atoms with Crippen LogP contribution in [0, 0.1) is 13.8 Å². The number of hydrogen-bond donors (Lipinski definition) is 0. The van der Waals surface area contributed by atoms with Gasteiger partial charge in [-0.15, -0.1) is 0 Å². The van der Waals surface area contributed by atoms with Gasteiger partial charge in [0.2, 0.25) is 0 Å². The minimum atomic E-state index is 0.137. The summed E-state index contributed by atoms with van der Waals surface area (Å²) in [5.74, 6) is 2.04. The number of amides is 1. The Morgan fingerprint density at radius 2 is 2.15 bits per heavy atom. The third kappa shape index (κ3) is 3.26. The summed E-state index contributed by atoms with van der Waals surface area (Å²) in [5.41, 5.74) is 1.59. The van der Waals surface area contributed by atoms with Crippen molar-refractivity contribution in [3.05, 3.63) is 53.8 Å². The third-order valence-corrected chi connectivity index (χ3v) is 5.40. The molecule has 1 aromatic carbocycles. The zero-order chi connectivity index (χ0) is 18.1. The number of aromatic nitrogens is 2. The van der Waals surface area contributed by atoms with E-state index < -0.39 is 0 Å². The van der Waals surface area contributed by atoms with Crippen LogP contribution in [0.3, 0.4) is 0 Å². The van der Waals surface area contributed by atoms with Crippen LogP contribution < -0.4 is 0 Å². The number of benzene rings is 1. The van der Waals surface area contributed by atoms with E-state index in [9.17, 15) is 4.79 Å². The van der Waals surface area contributed by atoms with E-state index in [1.54, 1.807) is 0 Å². The molecule has 2 aromatic heterocycles. The fourth-order valence-corrected chi connectivity index (χ4v) is 3.97. The van der Waals surface area contributed by atoms with Crippen molar-refractivity contribution in [1.82, 2.24) is 14.5 Å². The average Bonchev–Trinajstić information content (AvgIpc) is 3.23. The van der Waals surface area contributed by atoms with E-state index in [4.69, 9.17) is 4.42 Å². The van der Waals surface area contributed by atoms with Gasteiger partial charge in [0.05, 0.1) is 0 Å². The highest BCUT2D eigenvalue weighted by Crippen LogP contribution is 2.25. The summed E-state index contributed by atoms with van der Waals surface area (Å²) in [7, 11) is 0. The molecule has 0 aliphatic carbocycles. The molecule has 1 unspecified atom stereocenters. The highest BCUT2D eigenvalue weighted by atomic mass is 16.3. The second-order valence-corrected chi connectivity index (χ2v) is 7.21. The quantitative estimate of drug-likeness (QED) is 0.703. The molecule has 5 nitrogen and oxygen atoms in total. The fourth-order valence-electron chi connectivity index (χ4n) is 3.97. The van der Waals surface area contributed by atoms with Gasteiger partial charge in [-0.3, -0.25) is 4.79 Å². The molecule has 5 heteroatoms. The second kappa shape index (κ2) is 6.98. The molecule has 1 aliphatic heterocycles. The summed E-state index contributed by atoms with van der Waals surface area (Å²) < 4.78 is 7.79. The summed E-state index contributed by atoms with van der Waals surface area (Å²) >= 11 is 0. The molecule has 1 amide bonds. The Morgan fingerprint density at radius 3 is 2.96 bits per heavy atom. The molecule has 1 fully saturated rings. The van der Waals surface area contributed by atoms with Crippen molar-refractivity contribution in [2.75, 3.05) is 6.54 Å². The molecule has 3 aromatic rings. The number of aryl methyl sites for hydroxylation is 3. The van der Waals surface area contributed by atoms with Crippen molar-refractivity contribution in [1.29, 1.82) is 0 Å². The molecule has 3 heterocycles. The van der Waals surface area contributed by atoms with E-state index in [0.717, 1.165) is 60.5 Å². The van der Waals surface area contributed by atoms with E-state index in [-0.39, 0.29) is 5.91 Å². The van der Waals surface area contributed by atoms with Crippen LogP contribution in [-0.4, -0.2) is 32.9 Å². The third-order valence-electron chi connectivity index (χ3n) is 5.40. The normalized spacial score (nSPS) is 17.8. The molecular formula is C21H25N3O2. The van der Waals surface area contributed by atoms with Crippen molar-refractivity contribution in [3.8, 4) is 0 Å². The van der Waals surface area contributed by atoms with Gasteiger partial charge in [0.1, 0.15) is 17.2 Å². The van der Waals surface area contributed by atoms with Gasteiger partial charge in [-0.25, -0.2) is 4.98 Å². The number of carbonyl (C=O) groups is 1. The zero-order valence-electron chi connectivity index (χ0n) is 15.4. The Hall–Kier alpha value is -2.56. The number of imidazole rings is 1. The van der Waals surface area contributed by atoms with Gasteiger partial charge >= 0.3 is 0 Å². The van der Waals surface area contributed by atoms with E-state index >= 15 is 0 Å². The monoisotopic (exact) mass is 351 g/mol. The van der Waals surface area contributed by atoms with Crippen LogP contribution in [0.4, 0.5) is 0 Å². The highest BCUT2D eigenvalue weighted by molar-refractivity contribution is 5.98. The first kappa shape index (κ1) is 16.9. The molecule has 1 aliphatic rings. The van der Waals surface area contributed by atoms with Gasteiger partial charge < -0.3 is 13.9 Å². The predicted molar refractivity (Wildman–Crippen MR) is 101 cm³/mol. The minimum absolute atomic E-state index is 0.137. The number of carbonyl (C=O) groups excluding carboxylic acids is 1. The number of fused-ring (bicyclic) bond motifs is 1. The Bertz CT molecular complexity index is 924. The smallest absolute Gasteiger partial charge is 0.254 e. The van der Waals surface area contributed by atoms with Gasteiger partial charge in [0, 0.05) is 42.5 Å². The van der Waals surface area contributed by atoms with Crippen molar-refractivity contribution < 1.29 is 9.21 Å². The highest BCUT2D eigenvalue weighted by Gasteiger charge is 2.27.